The van der Waals surface area contributed by atoms with E-state index in [0.29, 0.717) is 12.1 Å². The largest absolute Gasteiger partial charge is 0.355 e. The van der Waals surface area contributed by atoms with Crippen LogP contribution in [0.1, 0.15) is 30.1 Å². The number of carbonyl (C=O) groups excluding carboxylic acids is 2. The van der Waals surface area contributed by atoms with Crippen molar-refractivity contribution in [1.82, 2.24) is 10.6 Å². The summed E-state index contributed by atoms with van der Waals surface area (Å²) in [5, 5.41) is 5.16. The predicted molar refractivity (Wildman–Crippen MR) is 66.7 cm³/mol. The Bertz CT molecular complexity index is 404. The molecule has 0 atom stereocenters. The van der Waals surface area contributed by atoms with Crippen molar-refractivity contribution in [2.75, 3.05) is 13.1 Å². The van der Waals surface area contributed by atoms with Gasteiger partial charge in [-0.2, -0.15) is 0 Å². The number of unbranched alkanes of at least 4 members (excludes halogenated alkanes) is 1. The van der Waals surface area contributed by atoms with Gasteiger partial charge >= 0.3 is 0 Å². The van der Waals surface area contributed by atoms with Crippen LogP contribution in [0.25, 0.3) is 0 Å². The first-order valence-electron chi connectivity index (χ1n) is 5.94. The van der Waals surface area contributed by atoms with E-state index in [1.807, 2.05) is 6.92 Å². The smallest absolute Gasteiger partial charge is 0.251 e. The zero-order chi connectivity index (χ0) is 13.4. The molecule has 18 heavy (non-hydrogen) atoms. The number of benzene rings is 1. The zero-order valence-corrected chi connectivity index (χ0v) is 10.3. The average Bonchev–Trinajstić information content (AvgIpc) is 2.37. The highest BCUT2D eigenvalue weighted by atomic mass is 19.1. The molecule has 0 aliphatic heterocycles. The highest BCUT2D eigenvalue weighted by molar-refractivity contribution is 5.96. The number of hydrogen-bond donors (Lipinski definition) is 2. The molecule has 4 nitrogen and oxygen atoms in total. The van der Waals surface area contributed by atoms with Gasteiger partial charge in [-0.05, 0) is 30.7 Å². The Morgan fingerprint density at radius 3 is 2.44 bits per heavy atom. The second kappa shape index (κ2) is 7.42. The van der Waals surface area contributed by atoms with Gasteiger partial charge in [0.2, 0.25) is 5.91 Å². The number of nitrogens with one attached hydrogen (secondary N) is 2. The Balaban J connectivity index is 2.32. The van der Waals surface area contributed by atoms with Crippen LogP contribution in [0, 0.1) is 5.82 Å². The van der Waals surface area contributed by atoms with Gasteiger partial charge in [0.05, 0.1) is 6.54 Å². The number of rotatable bonds is 6. The van der Waals surface area contributed by atoms with Crippen molar-refractivity contribution in [2.24, 2.45) is 0 Å². The summed E-state index contributed by atoms with van der Waals surface area (Å²) in [6.45, 7) is 2.57. The molecule has 1 aromatic rings. The summed E-state index contributed by atoms with van der Waals surface area (Å²) in [5.41, 5.74) is 0.331. The fraction of sp³-hybridized carbons (Fsp3) is 0.385. The molecule has 2 N–H and O–H groups in total. The summed E-state index contributed by atoms with van der Waals surface area (Å²) in [5.74, 6) is -1.01. The minimum absolute atomic E-state index is 0.0695. The van der Waals surface area contributed by atoms with E-state index in [0.717, 1.165) is 12.8 Å². The third-order valence-corrected chi connectivity index (χ3v) is 2.37. The summed E-state index contributed by atoms with van der Waals surface area (Å²) < 4.78 is 12.6. The molecule has 98 valence electrons. The summed E-state index contributed by atoms with van der Waals surface area (Å²) in [4.78, 5) is 22.9. The Kier molecular flexibility index (Phi) is 5.84. The van der Waals surface area contributed by atoms with Crippen LogP contribution in [0.15, 0.2) is 24.3 Å². The lowest BCUT2D eigenvalue weighted by molar-refractivity contribution is -0.120. The van der Waals surface area contributed by atoms with Crippen molar-refractivity contribution in [3.8, 4) is 0 Å². The van der Waals surface area contributed by atoms with Gasteiger partial charge in [-0.3, -0.25) is 9.59 Å². The molecule has 0 aliphatic carbocycles. The molecule has 0 unspecified atom stereocenters. The molecule has 0 fully saturated rings. The van der Waals surface area contributed by atoms with Crippen molar-refractivity contribution in [3.05, 3.63) is 35.6 Å². The highest BCUT2D eigenvalue weighted by Crippen LogP contribution is 2.01. The summed E-state index contributed by atoms with van der Waals surface area (Å²) in [6, 6.07) is 5.16. The third kappa shape index (κ3) is 4.95. The van der Waals surface area contributed by atoms with Crippen LogP contribution >= 0.6 is 0 Å². The molecule has 0 radical (unpaired) electrons. The van der Waals surface area contributed by atoms with Gasteiger partial charge in [-0.1, -0.05) is 13.3 Å². The van der Waals surface area contributed by atoms with Gasteiger partial charge in [0.25, 0.3) is 5.91 Å². The van der Waals surface area contributed by atoms with E-state index < -0.39 is 5.82 Å². The first kappa shape index (κ1) is 14.2. The molecule has 0 aliphatic rings. The molecule has 2 amide bonds. The maximum atomic E-state index is 12.6. The molecule has 0 saturated heterocycles. The fourth-order valence-corrected chi connectivity index (χ4v) is 1.33. The zero-order valence-electron chi connectivity index (χ0n) is 10.3. The Labute approximate surface area is 106 Å². The van der Waals surface area contributed by atoms with Gasteiger partial charge in [0, 0.05) is 12.1 Å². The second-order valence-electron chi connectivity index (χ2n) is 3.89. The van der Waals surface area contributed by atoms with Crippen molar-refractivity contribution >= 4 is 11.8 Å². The molecule has 0 spiro atoms. The molecule has 0 saturated carbocycles. The van der Waals surface area contributed by atoms with Crippen LogP contribution in [-0.4, -0.2) is 24.9 Å². The van der Waals surface area contributed by atoms with Crippen LogP contribution in [0.4, 0.5) is 4.39 Å². The van der Waals surface area contributed by atoms with Crippen LogP contribution < -0.4 is 10.6 Å². The molecule has 0 heterocycles. The second-order valence-corrected chi connectivity index (χ2v) is 3.89. The van der Waals surface area contributed by atoms with Crippen LogP contribution in [0.3, 0.4) is 0 Å². The van der Waals surface area contributed by atoms with Gasteiger partial charge in [0.1, 0.15) is 5.82 Å². The predicted octanol–water partition coefficient (Wildman–Crippen LogP) is 1.47. The van der Waals surface area contributed by atoms with Gasteiger partial charge in [-0.15, -0.1) is 0 Å². The minimum atomic E-state index is -0.399. The van der Waals surface area contributed by atoms with Crippen LogP contribution in [-0.2, 0) is 4.79 Å². The molecular weight excluding hydrogens is 235 g/mol. The van der Waals surface area contributed by atoms with E-state index in [4.69, 9.17) is 0 Å². The first-order valence-corrected chi connectivity index (χ1v) is 5.94. The molecule has 1 rings (SSSR count). The monoisotopic (exact) mass is 252 g/mol. The third-order valence-electron chi connectivity index (χ3n) is 2.37. The number of carbonyl (C=O) groups is 2. The normalized spacial score (nSPS) is 9.89. The maximum absolute atomic E-state index is 12.6. The lowest BCUT2D eigenvalue weighted by Gasteiger charge is -2.06. The Morgan fingerprint density at radius 1 is 1.17 bits per heavy atom. The van der Waals surface area contributed by atoms with Crippen LogP contribution in [0.5, 0.6) is 0 Å². The first-order chi connectivity index (χ1) is 8.63. The molecule has 5 heteroatoms. The molecule has 0 aromatic heterocycles. The minimum Gasteiger partial charge on any atom is -0.355 e. The van der Waals surface area contributed by atoms with Crippen molar-refractivity contribution in [2.45, 2.75) is 19.8 Å². The topological polar surface area (TPSA) is 58.2 Å². The van der Waals surface area contributed by atoms with Crippen molar-refractivity contribution in [1.29, 1.82) is 0 Å². The van der Waals surface area contributed by atoms with E-state index in [-0.39, 0.29) is 18.4 Å². The van der Waals surface area contributed by atoms with Crippen molar-refractivity contribution < 1.29 is 14.0 Å². The lowest BCUT2D eigenvalue weighted by Crippen LogP contribution is -2.37. The van der Waals surface area contributed by atoms with E-state index >= 15 is 0 Å². The number of halogens is 1. The maximum Gasteiger partial charge on any atom is 0.251 e. The van der Waals surface area contributed by atoms with Gasteiger partial charge < -0.3 is 10.6 Å². The van der Waals surface area contributed by atoms with E-state index in [1.165, 1.54) is 24.3 Å². The summed E-state index contributed by atoms with van der Waals surface area (Å²) in [6.07, 6.45) is 1.92. The Morgan fingerprint density at radius 2 is 1.83 bits per heavy atom. The van der Waals surface area contributed by atoms with Gasteiger partial charge in [0.15, 0.2) is 0 Å². The highest BCUT2D eigenvalue weighted by Gasteiger charge is 2.07. The van der Waals surface area contributed by atoms with E-state index in [1.54, 1.807) is 0 Å². The van der Waals surface area contributed by atoms with E-state index in [2.05, 4.69) is 10.6 Å². The molecule has 1 aromatic carbocycles. The molecular formula is C13H17FN2O2. The number of hydrogen-bond acceptors (Lipinski definition) is 2. The number of amides is 2. The average molecular weight is 252 g/mol. The quantitative estimate of drug-likeness (QED) is 0.753. The lowest BCUT2D eigenvalue weighted by atomic mass is 10.2. The van der Waals surface area contributed by atoms with E-state index in [9.17, 15) is 14.0 Å². The summed E-state index contributed by atoms with van der Waals surface area (Å²) >= 11 is 0. The van der Waals surface area contributed by atoms with Gasteiger partial charge in [-0.25, -0.2) is 4.39 Å². The standard InChI is InChI=1S/C13H17FN2O2/c1-2-3-8-15-12(17)9-16-13(18)10-4-6-11(14)7-5-10/h4-7H,2-3,8-9H2,1H3,(H,15,17)(H,16,18). The summed E-state index contributed by atoms with van der Waals surface area (Å²) in [7, 11) is 0. The molecule has 0 bridgehead atoms. The fourth-order valence-electron chi connectivity index (χ4n) is 1.33. The van der Waals surface area contributed by atoms with Crippen LogP contribution in [0.2, 0.25) is 0 Å². The van der Waals surface area contributed by atoms with Crippen molar-refractivity contribution in [3.63, 3.8) is 0 Å². The Hall–Kier alpha value is -1.91. The SMILES string of the molecule is CCCCNC(=O)CNC(=O)c1ccc(F)cc1.